The number of nitrogens with zero attached hydrogens (tertiary/aromatic N) is 1. The minimum absolute atomic E-state index is 0.162. The lowest BCUT2D eigenvalue weighted by Gasteiger charge is -2.22. The first-order valence-electron chi connectivity index (χ1n) is 7.54. The number of ether oxygens (including phenoxy) is 1. The average Bonchev–Trinajstić information content (AvgIpc) is 2.60. The van der Waals surface area contributed by atoms with Gasteiger partial charge in [0.2, 0.25) is 11.8 Å². The number of methoxy groups -OCH3 is 1. The van der Waals surface area contributed by atoms with Crippen molar-refractivity contribution in [1.29, 1.82) is 0 Å². The van der Waals surface area contributed by atoms with Gasteiger partial charge < -0.3 is 15.0 Å². The van der Waals surface area contributed by atoms with Crippen molar-refractivity contribution in [1.82, 2.24) is 5.32 Å². The van der Waals surface area contributed by atoms with Crippen molar-refractivity contribution >= 4 is 40.7 Å². The van der Waals surface area contributed by atoms with Gasteiger partial charge in [-0.1, -0.05) is 41.4 Å². The molecule has 0 unspecified atom stereocenters. The molecule has 1 N–H and O–H groups in total. The fourth-order valence-corrected chi connectivity index (χ4v) is 2.69. The van der Waals surface area contributed by atoms with E-state index < -0.39 is 0 Å². The van der Waals surface area contributed by atoms with E-state index in [0.29, 0.717) is 21.5 Å². The van der Waals surface area contributed by atoms with E-state index in [0.717, 1.165) is 5.56 Å². The van der Waals surface area contributed by atoms with Gasteiger partial charge >= 0.3 is 0 Å². The molecule has 0 radical (unpaired) electrons. The highest BCUT2D eigenvalue weighted by Gasteiger charge is 2.19. The van der Waals surface area contributed by atoms with Crippen LogP contribution in [-0.4, -0.2) is 25.5 Å². The molecule has 0 atom stereocenters. The normalized spacial score (nSPS) is 10.2. The number of carbonyl (C=O) groups is 2. The second-order valence-corrected chi connectivity index (χ2v) is 6.13. The van der Waals surface area contributed by atoms with E-state index in [1.165, 1.54) is 11.8 Å². The van der Waals surface area contributed by atoms with Crippen molar-refractivity contribution in [2.24, 2.45) is 0 Å². The molecule has 2 aromatic rings. The molecule has 25 heavy (non-hydrogen) atoms. The van der Waals surface area contributed by atoms with E-state index in [2.05, 4.69) is 5.32 Å². The van der Waals surface area contributed by atoms with Crippen molar-refractivity contribution in [2.75, 3.05) is 18.6 Å². The smallest absolute Gasteiger partial charge is 0.240 e. The van der Waals surface area contributed by atoms with E-state index in [1.54, 1.807) is 25.3 Å². The molecule has 5 nitrogen and oxygen atoms in total. The van der Waals surface area contributed by atoms with Gasteiger partial charge in [-0.2, -0.15) is 0 Å². The maximum Gasteiger partial charge on any atom is 0.240 e. The fourth-order valence-electron chi connectivity index (χ4n) is 2.30. The number of benzene rings is 2. The number of anilines is 1. The highest BCUT2D eigenvalue weighted by atomic mass is 35.5. The molecule has 0 bridgehead atoms. The zero-order chi connectivity index (χ0) is 18.4. The number of halogens is 2. The first-order chi connectivity index (χ1) is 11.9. The summed E-state index contributed by atoms with van der Waals surface area (Å²) in [5, 5.41) is 3.55. The van der Waals surface area contributed by atoms with Gasteiger partial charge in [0.05, 0.1) is 17.8 Å². The van der Waals surface area contributed by atoms with E-state index in [4.69, 9.17) is 27.9 Å². The van der Waals surface area contributed by atoms with Crippen LogP contribution >= 0.6 is 23.2 Å². The van der Waals surface area contributed by atoms with Crippen LogP contribution in [0.4, 0.5) is 5.69 Å². The Morgan fingerprint density at radius 1 is 1.16 bits per heavy atom. The molecule has 132 valence electrons. The van der Waals surface area contributed by atoms with Crippen LogP contribution in [-0.2, 0) is 16.1 Å². The molecule has 0 aliphatic rings. The molecule has 7 heteroatoms. The molecule has 0 fully saturated rings. The second kappa shape index (κ2) is 8.74. The molecular weight excluding hydrogens is 363 g/mol. The standard InChI is InChI=1S/C18H18Cl2N2O3/c1-12(23)22(16-9-14(19)7-8-15(16)20)11-18(24)21-10-13-5-3-4-6-17(13)25-2/h3-9H,10-11H2,1-2H3,(H,21,24). The molecule has 2 rings (SSSR count). The number of amides is 2. The Bertz CT molecular complexity index is 781. The first-order valence-corrected chi connectivity index (χ1v) is 8.29. The van der Waals surface area contributed by atoms with Crippen LogP contribution in [0.25, 0.3) is 0 Å². The Morgan fingerprint density at radius 3 is 2.56 bits per heavy atom. The molecule has 2 amide bonds. The van der Waals surface area contributed by atoms with E-state index >= 15 is 0 Å². The van der Waals surface area contributed by atoms with Crippen LogP contribution < -0.4 is 15.0 Å². The van der Waals surface area contributed by atoms with Gasteiger partial charge in [0, 0.05) is 24.1 Å². The third-order valence-corrected chi connectivity index (χ3v) is 4.10. The van der Waals surface area contributed by atoms with Crippen LogP contribution in [0.3, 0.4) is 0 Å². The monoisotopic (exact) mass is 380 g/mol. The number of carbonyl (C=O) groups excluding carboxylic acids is 2. The maximum atomic E-state index is 12.3. The summed E-state index contributed by atoms with van der Waals surface area (Å²) in [5.74, 6) is 0.0536. The van der Waals surface area contributed by atoms with E-state index in [1.807, 2.05) is 24.3 Å². The maximum absolute atomic E-state index is 12.3. The first kappa shape index (κ1) is 19.1. The number of nitrogens with one attached hydrogen (secondary N) is 1. The second-order valence-electron chi connectivity index (χ2n) is 5.29. The lowest BCUT2D eigenvalue weighted by molar-refractivity contribution is -0.123. The van der Waals surface area contributed by atoms with Gasteiger partial charge in [-0.15, -0.1) is 0 Å². The molecule has 0 aliphatic heterocycles. The molecule has 0 aliphatic carbocycles. The lowest BCUT2D eigenvalue weighted by Crippen LogP contribution is -2.39. The van der Waals surface area contributed by atoms with Crippen LogP contribution in [0.15, 0.2) is 42.5 Å². The summed E-state index contributed by atoms with van der Waals surface area (Å²) in [5.41, 5.74) is 1.24. The lowest BCUT2D eigenvalue weighted by atomic mass is 10.2. The Labute approximate surface area is 156 Å². The van der Waals surface area contributed by atoms with E-state index in [-0.39, 0.29) is 24.9 Å². The minimum atomic E-state index is -0.322. The van der Waals surface area contributed by atoms with Gasteiger partial charge in [-0.3, -0.25) is 9.59 Å². The van der Waals surface area contributed by atoms with Crippen molar-refractivity contribution in [3.8, 4) is 5.75 Å². The Balaban J connectivity index is 2.08. The third kappa shape index (κ3) is 5.11. The Kier molecular flexibility index (Phi) is 6.67. The number of hydrogen-bond donors (Lipinski definition) is 1. The van der Waals surface area contributed by atoms with E-state index in [9.17, 15) is 9.59 Å². The summed E-state index contributed by atoms with van der Waals surface area (Å²) in [4.78, 5) is 25.5. The van der Waals surface area contributed by atoms with Gasteiger partial charge in [-0.05, 0) is 24.3 Å². The molecular formula is C18H18Cl2N2O3. The molecule has 2 aromatic carbocycles. The fraction of sp³-hybridized carbons (Fsp3) is 0.222. The van der Waals surface area contributed by atoms with Crippen molar-refractivity contribution < 1.29 is 14.3 Å². The molecule has 0 aromatic heterocycles. The van der Waals surface area contributed by atoms with Gasteiger partial charge in [0.15, 0.2) is 0 Å². The molecule has 0 spiro atoms. The minimum Gasteiger partial charge on any atom is -0.496 e. The third-order valence-electron chi connectivity index (χ3n) is 3.55. The van der Waals surface area contributed by atoms with Gasteiger partial charge in [0.1, 0.15) is 12.3 Å². The van der Waals surface area contributed by atoms with Gasteiger partial charge in [-0.25, -0.2) is 0 Å². The summed E-state index contributed by atoms with van der Waals surface area (Å²) in [6.45, 7) is 1.49. The number of hydrogen-bond acceptors (Lipinski definition) is 3. The zero-order valence-corrected chi connectivity index (χ0v) is 15.4. The Hall–Kier alpha value is -2.24. The van der Waals surface area contributed by atoms with Crippen molar-refractivity contribution in [3.63, 3.8) is 0 Å². The zero-order valence-electron chi connectivity index (χ0n) is 13.9. The summed E-state index contributed by atoms with van der Waals surface area (Å²) >= 11 is 12.1. The summed E-state index contributed by atoms with van der Waals surface area (Å²) in [6, 6.07) is 12.1. The summed E-state index contributed by atoms with van der Waals surface area (Å²) in [6.07, 6.45) is 0. The van der Waals surface area contributed by atoms with Gasteiger partial charge in [0.25, 0.3) is 0 Å². The average molecular weight is 381 g/mol. The highest BCUT2D eigenvalue weighted by molar-refractivity contribution is 6.35. The number of rotatable bonds is 6. The molecule has 0 saturated heterocycles. The summed E-state index contributed by atoms with van der Waals surface area (Å²) in [7, 11) is 1.57. The predicted octanol–water partition coefficient (Wildman–Crippen LogP) is 3.67. The van der Waals surface area contributed by atoms with Crippen molar-refractivity contribution in [2.45, 2.75) is 13.5 Å². The molecule has 0 heterocycles. The largest absolute Gasteiger partial charge is 0.496 e. The van der Waals surface area contributed by atoms with Crippen LogP contribution in [0.2, 0.25) is 10.0 Å². The van der Waals surface area contributed by atoms with Crippen LogP contribution in [0.1, 0.15) is 12.5 Å². The highest BCUT2D eigenvalue weighted by Crippen LogP contribution is 2.29. The van der Waals surface area contributed by atoms with Crippen molar-refractivity contribution in [3.05, 3.63) is 58.1 Å². The SMILES string of the molecule is COc1ccccc1CNC(=O)CN(C(C)=O)c1cc(Cl)ccc1Cl. The van der Waals surface area contributed by atoms with Crippen LogP contribution in [0.5, 0.6) is 5.75 Å². The quantitative estimate of drug-likeness (QED) is 0.831. The Morgan fingerprint density at radius 2 is 1.88 bits per heavy atom. The predicted molar refractivity (Wildman–Crippen MR) is 99.3 cm³/mol. The number of para-hydroxylation sites is 1. The van der Waals surface area contributed by atoms with Crippen LogP contribution in [0, 0.1) is 0 Å². The summed E-state index contributed by atoms with van der Waals surface area (Å²) < 4.78 is 5.25. The molecule has 0 saturated carbocycles. The topological polar surface area (TPSA) is 58.6 Å².